The Morgan fingerprint density at radius 1 is 1.25 bits per heavy atom. The summed E-state index contributed by atoms with van der Waals surface area (Å²) in [5.74, 6) is 0. The fourth-order valence-electron chi connectivity index (χ4n) is 1.41. The molecular formula is C11H7ClN2S2. The summed E-state index contributed by atoms with van der Waals surface area (Å²) in [5, 5.41) is 9.00. The average molecular weight is 267 g/mol. The maximum atomic E-state index is 5.93. The summed E-state index contributed by atoms with van der Waals surface area (Å²) in [6, 6.07) is 7.77. The Morgan fingerprint density at radius 2 is 2.19 bits per heavy atom. The number of benzene rings is 1. The lowest BCUT2D eigenvalue weighted by molar-refractivity contribution is 1.45. The number of anilines is 2. The summed E-state index contributed by atoms with van der Waals surface area (Å²) in [4.78, 5) is 4.48. The van der Waals surface area contributed by atoms with Gasteiger partial charge >= 0.3 is 0 Å². The summed E-state index contributed by atoms with van der Waals surface area (Å²) in [6.45, 7) is 0. The fraction of sp³-hybridized carbons (Fsp3) is 0. The second-order valence-electron chi connectivity index (χ2n) is 3.27. The Labute approximate surface area is 106 Å². The normalized spacial score (nSPS) is 10.8. The van der Waals surface area contributed by atoms with Crippen LogP contribution in [-0.2, 0) is 0 Å². The predicted molar refractivity (Wildman–Crippen MR) is 72.2 cm³/mol. The van der Waals surface area contributed by atoms with Gasteiger partial charge in [0, 0.05) is 10.4 Å². The van der Waals surface area contributed by atoms with Crippen LogP contribution in [0.1, 0.15) is 0 Å². The zero-order chi connectivity index (χ0) is 11.0. The highest BCUT2D eigenvalue weighted by Crippen LogP contribution is 2.30. The van der Waals surface area contributed by atoms with Gasteiger partial charge < -0.3 is 5.32 Å². The Bertz CT molecular complexity index is 616. The number of nitrogens with one attached hydrogen (secondary N) is 1. The monoisotopic (exact) mass is 266 g/mol. The predicted octanol–water partition coefficient (Wildman–Crippen LogP) is 4.75. The molecule has 0 amide bonds. The molecule has 0 aliphatic heterocycles. The summed E-state index contributed by atoms with van der Waals surface area (Å²) < 4.78 is 1.10. The van der Waals surface area contributed by atoms with E-state index in [1.165, 1.54) is 0 Å². The highest BCUT2D eigenvalue weighted by Gasteiger charge is 2.04. The van der Waals surface area contributed by atoms with Gasteiger partial charge in [-0.15, -0.1) is 0 Å². The van der Waals surface area contributed by atoms with Crippen molar-refractivity contribution >= 4 is 55.3 Å². The average Bonchev–Trinajstić information content (AvgIpc) is 2.86. The van der Waals surface area contributed by atoms with Crippen molar-refractivity contribution in [2.24, 2.45) is 0 Å². The van der Waals surface area contributed by atoms with Gasteiger partial charge in [0.25, 0.3) is 0 Å². The number of aromatic nitrogens is 1. The van der Waals surface area contributed by atoms with E-state index in [2.05, 4.69) is 15.7 Å². The van der Waals surface area contributed by atoms with Crippen molar-refractivity contribution in [3.05, 3.63) is 40.0 Å². The second kappa shape index (κ2) is 4.05. The molecule has 5 heteroatoms. The molecule has 3 aromatic rings. The van der Waals surface area contributed by atoms with Gasteiger partial charge in [-0.25, -0.2) is 4.98 Å². The molecule has 1 aromatic carbocycles. The van der Waals surface area contributed by atoms with Gasteiger partial charge in [-0.2, -0.15) is 11.3 Å². The van der Waals surface area contributed by atoms with Crippen LogP contribution in [0.25, 0.3) is 10.2 Å². The first kappa shape index (κ1) is 10.1. The van der Waals surface area contributed by atoms with E-state index >= 15 is 0 Å². The Hall–Kier alpha value is -1.10. The van der Waals surface area contributed by atoms with Gasteiger partial charge in [-0.3, -0.25) is 0 Å². The molecule has 2 heterocycles. The van der Waals surface area contributed by atoms with E-state index in [4.69, 9.17) is 11.6 Å². The first-order valence-corrected chi connectivity index (χ1v) is 6.80. The van der Waals surface area contributed by atoms with Crippen LogP contribution in [0.3, 0.4) is 0 Å². The van der Waals surface area contributed by atoms with Crippen molar-refractivity contribution in [1.29, 1.82) is 0 Å². The van der Waals surface area contributed by atoms with Crippen molar-refractivity contribution in [1.82, 2.24) is 4.98 Å². The van der Waals surface area contributed by atoms with Crippen LogP contribution in [0.15, 0.2) is 35.0 Å². The standard InChI is InChI=1S/C11H7ClN2S2/c12-7-1-2-9-10(5-7)16-11(14-9)13-8-3-4-15-6-8/h1-6H,(H,13,14). The maximum absolute atomic E-state index is 5.93. The number of halogens is 1. The Kier molecular flexibility index (Phi) is 2.55. The third-order valence-corrected chi connectivity index (χ3v) is 3.97. The first-order chi connectivity index (χ1) is 7.81. The van der Waals surface area contributed by atoms with Crippen LogP contribution in [0.5, 0.6) is 0 Å². The molecule has 0 atom stereocenters. The summed E-state index contributed by atoms with van der Waals surface area (Å²) in [5.41, 5.74) is 2.06. The molecular weight excluding hydrogens is 260 g/mol. The fourth-order valence-corrected chi connectivity index (χ4v) is 3.16. The van der Waals surface area contributed by atoms with Crippen molar-refractivity contribution in [2.45, 2.75) is 0 Å². The minimum atomic E-state index is 0.748. The van der Waals surface area contributed by atoms with Gasteiger partial charge in [0.05, 0.1) is 15.9 Å². The molecule has 0 saturated heterocycles. The smallest absolute Gasteiger partial charge is 0.188 e. The molecule has 1 N–H and O–H groups in total. The Morgan fingerprint density at radius 3 is 3.00 bits per heavy atom. The van der Waals surface area contributed by atoms with E-state index in [0.29, 0.717) is 0 Å². The van der Waals surface area contributed by atoms with E-state index in [-0.39, 0.29) is 0 Å². The van der Waals surface area contributed by atoms with Crippen LogP contribution >= 0.6 is 34.3 Å². The minimum absolute atomic E-state index is 0.748. The number of thiophene rings is 1. The molecule has 3 rings (SSSR count). The molecule has 0 saturated carbocycles. The minimum Gasteiger partial charge on any atom is -0.331 e. The van der Waals surface area contributed by atoms with Crippen molar-refractivity contribution in [2.75, 3.05) is 5.32 Å². The summed E-state index contributed by atoms with van der Waals surface area (Å²) in [6.07, 6.45) is 0. The molecule has 0 unspecified atom stereocenters. The van der Waals surface area contributed by atoms with Gasteiger partial charge in [0.15, 0.2) is 5.13 Å². The van der Waals surface area contributed by atoms with Crippen LogP contribution in [-0.4, -0.2) is 4.98 Å². The second-order valence-corrected chi connectivity index (χ2v) is 5.52. The molecule has 0 fully saturated rings. The van der Waals surface area contributed by atoms with E-state index in [9.17, 15) is 0 Å². The van der Waals surface area contributed by atoms with E-state index in [0.717, 1.165) is 26.1 Å². The van der Waals surface area contributed by atoms with Gasteiger partial charge in [-0.1, -0.05) is 22.9 Å². The molecule has 0 radical (unpaired) electrons. The third kappa shape index (κ3) is 1.91. The van der Waals surface area contributed by atoms with Crippen LogP contribution < -0.4 is 5.32 Å². The van der Waals surface area contributed by atoms with E-state index in [1.54, 1.807) is 22.7 Å². The lowest BCUT2D eigenvalue weighted by Crippen LogP contribution is -1.85. The van der Waals surface area contributed by atoms with Gasteiger partial charge in [0.1, 0.15) is 0 Å². The highest BCUT2D eigenvalue weighted by molar-refractivity contribution is 7.22. The summed E-state index contributed by atoms with van der Waals surface area (Å²) in [7, 11) is 0. The van der Waals surface area contributed by atoms with Crippen LogP contribution in [0, 0.1) is 0 Å². The topological polar surface area (TPSA) is 24.9 Å². The number of hydrogen-bond donors (Lipinski definition) is 1. The van der Waals surface area contributed by atoms with Crippen molar-refractivity contribution in [3.63, 3.8) is 0 Å². The maximum Gasteiger partial charge on any atom is 0.188 e. The molecule has 80 valence electrons. The molecule has 0 aliphatic rings. The third-order valence-electron chi connectivity index (χ3n) is 2.12. The number of hydrogen-bond acceptors (Lipinski definition) is 4. The lowest BCUT2D eigenvalue weighted by Gasteiger charge is -1.95. The van der Waals surface area contributed by atoms with Gasteiger partial charge in [-0.05, 0) is 29.6 Å². The largest absolute Gasteiger partial charge is 0.331 e. The quantitative estimate of drug-likeness (QED) is 0.724. The van der Waals surface area contributed by atoms with Crippen molar-refractivity contribution < 1.29 is 0 Å². The molecule has 0 bridgehead atoms. The number of fused-ring (bicyclic) bond motifs is 1. The number of nitrogens with zero attached hydrogens (tertiary/aromatic N) is 1. The molecule has 2 nitrogen and oxygen atoms in total. The summed E-state index contributed by atoms with van der Waals surface area (Å²) >= 11 is 9.20. The molecule has 2 aromatic heterocycles. The van der Waals surface area contributed by atoms with Gasteiger partial charge in [0.2, 0.25) is 0 Å². The Balaban J connectivity index is 1.99. The first-order valence-electron chi connectivity index (χ1n) is 4.66. The lowest BCUT2D eigenvalue weighted by atomic mass is 10.3. The van der Waals surface area contributed by atoms with E-state index in [1.807, 2.05) is 29.6 Å². The highest BCUT2D eigenvalue weighted by atomic mass is 35.5. The van der Waals surface area contributed by atoms with E-state index < -0.39 is 0 Å². The number of rotatable bonds is 2. The zero-order valence-electron chi connectivity index (χ0n) is 8.11. The number of thiazole rings is 1. The van der Waals surface area contributed by atoms with Crippen LogP contribution in [0.2, 0.25) is 5.02 Å². The molecule has 0 aliphatic carbocycles. The van der Waals surface area contributed by atoms with Crippen molar-refractivity contribution in [3.8, 4) is 0 Å². The molecule has 16 heavy (non-hydrogen) atoms. The molecule has 0 spiro atoms. The zero-order valence-corrected chi connectivity index (χ0v) is 10.5. The SMILES string of the molecule is Clc1ccc2nc(Nc3ccsc3)sc2c1. The van der Waals surface area contributed by atoms with Crippen LogP contribution in [0.4, 0.5) is 10.8 Å².